The first kappa shape index (κ1) is 34.1. The van der Waals surface area contributed by atoms with Crippen molar-refractivity contribution < 1.29 is 32.3 Å². The summed E-state index contributed by atoms with van der Waals surface area (Å²) in [6.45, 7) is 1.74. The number of methoxy groups -OCH3 is 1. The van der Waals surface area contributed by atoms with Crippen molar-refractivity contribution in [1.29, 1.82) is 0 Å². The molecule has 0 saturated carbocycles. The highest BCUT2D eigenvalue weighted by atomic mass is 35.5. The zero-order valence-corrected chi connectivity index (χ0v) is 26.2. The molecule has 0 saturated heterocycles. The molecule has 4 aromatic carbocycles. The lowest BCUT2D eigenvalue weighted by Gasteiger charge is -2.18. The first-order valence-electron chi connectivity index (χ1n) is 13.9. The molecule has 3 amide bonds. The number of benzene rings is 4. The zero-order valence-electron chi connectivity index (χ0n) is 24.7. The van der Waals surface area contributed by atoms with Crippen molar-refractivity contribution in [2.24, 2.45) is 0 Å². The molecule has 0 heterocycles. The van der Waals surface area contributed by atoms with Crippen LogP contribution in [0.4, 0.5) is 24.5 Å². The molecule has 7 nitrogen and oxygen atoms in total. The number of carbonyl (C=O) groups is 3. The van der Waals surface area contributed by atoms with Gasteiger partial charge in [-0.2, -0.15) is 13.2 Å². The zero-order chi connectivity index (χ0) is 33.3. The van der Waals surface area contributed by atoms with Gasteiger partial charge < -0.3 is 20.7 Å². The summed E-state index contributed by atoms with van der Waals surface area (Å²) in [6.07, 6.45) is -2.89. The van der Waals surface area contributed by atoms with E-state index in [-0.39, 0.29) is 10.7 Å². The lowest BCUT2D eigenvalue weighted by atomic mass is 10.1. The summed E-state index contributed by atoms with van der Waals surface area (Å²) in [7, 11) is 1.52. The summed E-state index contributed by atoms with van der Waals surface area (Å²) < 4.78 is 45.9. The Morgan fingerprint density at radius 3 is 2.35 bits per heavy atom. The number of alkyl halides is 3. The van der Waals surface area contributed by atoms with Crippen LogP contribution in [0.25, 0.3) is 6.08 Å². The second kappa shape index (κ2) is 15.5. The third kappa shape index (κ3) is 9.38. The Bertz CT molecular complexity index is 1750. The molecule has 4 rings (SSSR count). The van der Waals surface area contributed by atoms with E-state index in [0.717, 1.165) is 23.9 Å². The van der Waals surface area contributed by atoms with Crippen molar-refractivity contribution in [2.75, 3.05) is 17.7 Å². The molecule has 46 heavy (non-hydrogen) atoms. The van der Waals surface area contributed by atoms with Crippen molar-refractivity contribution in [3.8, 4) is 5.75 Å². The highest BCUT2D eigenvalue weighted by Gasteiger charge is 2.34. The van der Waals surface area contributed by atoms with Gasteiger partial charge in [-0.25, -0.2) is 0 Å². The Labute approximate surface area is 273 Å². The average molecular weight is 668 g/mol. The van der Waals surface area contributed by atoms with Crippen molar-refractivity contribution in [3.63, 3.8) is 0 Å². The highest BCUT2D eigenvalue weighted by Crippen LogP contribution is 2.37. The molecule has 0 bridgehead atoms. The van der Waals surface area contributed by atoms with Gasteiger partial charge in [0.05, 0.1) is 23.6 Å². The van der Waals surface area contributed by atoms with E-state index in [1.807, 2.05) is 0 Å². The van der Waals surface area contributed by atoms with Crippen LogP contribution in [-0.4, -0.2) is 30.1 Å². The summed E-state index contributed by atoms with van der Waals surface area (Å²) in [6, 6.07) is 25.2. The van der Waals surface area contributed by atoms with E-state index >= 15 is 0 Å². The fourth-order valence-electron chi connectivity index (χ4n) is 4.25. The third-order valence-electron chi connectivity index (χ3n) is 6.51. The van der Waals surface area contributed by atoms with E-state index in [1.54, 1.807) is 85.8 Å². The quantitative estimate of drug-likeness (QED) is 0.111. The van der Waals surface area contributed by atoms with Gasteiger partial charge in [-0.05, 0) is 78.7 Å². The minimum atomic E-state index is -4.71. The molecule has 0 aromatic heterocycles. The Morgan fingerprint density at radius 1 is 0.913 bits per heavy atom. The third-order valence-corrected chi connectivity index (χ3v) is 8.11. The smallest absolute Gasteiger partial charge is 0.418 e. The van der Waals surface area contributed by atoms with Crippen LogP contribution in [-0.2, 0) is 15.8 Å². The summed E-state index contributed by atoms with van der Waals surface area (Å²) in [5.74, 6) is -1.16. The molecule has 0 aliphatic carbocycles. The second-order valence-corrected chi connectivity index (χ2v) is 11.5. The molecular formula is C34H29ClF3N3O4S. The van der Waals surface area contributed by atoms with Gasteiger partial charge in [0.1, 0.15) is 11.4 Å². The minimum Gasteiger partial charge on any atom is -0.497 e. The van der Waals surface area contributed by atoms with Crippen molar-refractivity contribution >= 4 is 58.5 Å². The number of hydrogen-bond donors (Lipinski definition) is 3. The monoisotopic (exact) mass is 667 g/mol. The van der Waals surface area contributed by atoms with Crippen LogP contribution in [0.3, 0.4) is 0 Å². The van der Waals surface area contributed by atoms with Gasteiger partial charge in [0, 0.05) is 21.2 Å². The molecule has 1 unspecified atom stereocenters. The van der Waals surface area contributed by atoms with E-state index in [1.165, 1.54) is 19.3 Å². The molecule has 12 heteroatoms. The van der Waals surface area contributed by atoms with E-state index < -0.39 is 40.4 Å². The first-order valence-corrected chi connectivity index (χ1v) is 15.2. The van der Waals surface area contributed by atoms with E-state index in [4.69, 9.17) is 16.3 Å². The number of thioether (sulfide) groups is 1. The Morgan fingerprint density at radius 2 is 1.65 bits per heavy atom. The molecular weight excluding hydrogens is 639 g/mol. The predicted octanol–water partition coefficient (Wildman–Crippen LogP) is 8.29. The number of nitrogens with one attached hydrogen (secondary N) is 3. The van der Waals surface area contributed by atoms with E-state index in [9.17, 15) is 27.6 Å². The fraction of sp³-hybridized carbons (Fsp3) is 0.147. The van der Waals surface area contributed by atoms with Crippen LogP contribution in [0.5, 0.6) is 5.75 Å². The van der Waals surface area contributed by atoms with Crippen molar-refractivity contribution in [2.45, 2.75) is 29.7 Å². The molecule has 3 N–H and O–H groups in total. The summed E-state index contributed by atoms with van der Waals surface area (Å²) in [5, 5.41) is 6.97. The number of hydrogen-bond acceptors (Lipinski definition) is 5. The maximum absolute atomic E-state index is 13.5. The van der Waals surface area contributed by atoms with Crippen LogP contribution in [0.1, 0.15) is 34.8 Å². The molecule has 1 atom stereocenters. The molecule has 4 aromatic rings. The second-order valence-electron chi connectivity index (χ2n) is 9.83. The van der Waals surface area contributed by atoms with Gasteiger partial charge in [0.25, 0.3) is 11.8 Å². The van der Waals surface area contributed by atoms with Crippen molar-refractivity contribution in [1.82, 2.24) is 5.32 Å². The van der Waals surface area contributed by atoms with Gasteiger partial charge in [0.15, 0.2) is 0 Å². The maximum atomic E-state index is 13.5. The number of halogens is 4. The lowest BCUT2D eigenvalue weighted by molar-refractivity contribution is -0.137. The van der Waals surface area contributed by atoms with Crippen LogP contribution >= 0.6 is 23.4 Å². The topological polar surface area (TPSA) is 96.5 Å². The Balaban J connectivity index is 1.52. The van der Waals surface area contributed by atoms with Crippen LogP contribution in [0.2, 0.25) is 5.02 Å². The summed E-state index contributed by atoms with van der Waals surface area (Å²) in [5.41, 5.74) is -0.143. The van der Waals surface area contributed by atoms with Crippen LogP contribution in [0, 0.1) is 0 Å². The number of ether oxygens (including phenoxy) is 1. The van der Waals surface area contributed by atoms with E-state index in [0.29, 0.717) is 33.9 Å². The first-order chi connectivity index (χ1) is 22.0. The fourth-order valence-corrected chi connectivity index (χ4v) is 5.43. The average Bonchev–Trinajstić information content (AvgIpc) is 3.04. The highest BCUT2D eigenvalue weighted by molar-refractivity contribution is 8.00. The molecule has 238 valence electrons. The summed E-state index contributed by atoms with van der Waals surface area (Å²) >= 11 is 6.88. The van der Waals surface area contributed by atoms with Gasteiger partial charge in [-0.3, -0.25) is 14.4 Å². The standard InChI is InChI=1S/C34H29ClF3N3O4S/c1-3-30(33(44)40-28-16-15-23(35)19-27(28)34(36,37)38)46-26-14-8-12-24(20-26)39-32(43)29(18-21-9-7-13-25(17-21)45-2)41-31(42)22-10-5-4-6-11-22/h4-20,30H,3H2,1-2H3,(H,39,43)(H,40,44)(H,41,42)/b29-18-. The Kier molecular flexibility index (Phi) is 11.5. The Hall–Kier alpha value is -4.74. The van der Waals surface area contributed by atoms with Gasteiger partial charge >= 0.3 is 6.18 Å². The van der Waals surface area contributed by atoms with Crippen LogP contribution in [0.15, 0.2) is 108 Å². The molecule has 0 spiro atoms. The van der Waals surface area contributed by atoms with Gasteiger partial charge in [-0.1, -0.05) is 54.9 Å². The summed E-state index contributed by atoms with van der Waals surface area (Å²) in [4.78, 5) is 40.1. The minimum absolute atomic E-state index is 0.0330. The van der Waals surface area contributed by atoms with Gasteiger partial charge in [-0.15, -0.1) is 11.8 Å². The molecule has 0 fully saturated rings. The number of anilines is 2. The predicted molar refractivity (Wildman–Crippen MR) is 175 cm³/mol. The van der Waals surface area contributed by atoms with Crippen LogP contribution < -0.4 is 20.7 Å². The lowest BCUT2D eigenvalue weighted by Crippen LogP contribution is -2.30. The molecule has 0 aliphatic heterocycles. The largest absolute Gasteiger partial charge is 0.497 e. The molecule has 0 radical (unpaired) electrons. The number of rotatable bonds is 11. The SMILES string of the molecule is CCC(Sc1cccc(NC(=O)/C(=C/c2cccc(OC)c2)NC(=O)c2ccccc2)c1)C(=O)Nc1ccc(Cl)cc1C(F)(F)F. The number of carbonyl (C=O) groups excluding carboxylic acids is 3. The van der Waals surface area contributed by atoms with E-state index in [2.05, 4.69) is 16.0 Å². The number of amides is 3. The van der Waals surface area contributed by atoms with Gasteiger partial charge in [0.2, 0.25) is 5.91 Å². The molecule has 0 aliphatic rings. The normalized spacial score (nSPS) is 12.2. The van der Waals surface area contributed by atoms with Crippen molar-refractivity contribution in [3.05, 3.63) is 124 Å². The maximum Gasteiger partial charge on any atom is 0.418 e.